The molecule has 0 radical (unpaired) electrons. The van der Waals surface area contributed by atoms with Gasteiger partial charge in [-0.2, -0.15) is 0 Å². The first-order valence-corrected chi connectivity index (χ1v) is 11.1. The molecule has 1 aromatic heterocycles. The Morgan fingerprint density at radius 3 is 2.71 bits per heavy atom. The second-order valence-corrected chi connectivity index (χ2v) is 8.89. The fraction of sp³-hybridized carbons (Fsp3) is 0.318. The quantitative estimate of drug-likeness (QED) is 0.262. The maximum atomic E-state index is 13.2. The summed E-state index contributed by atoms with van der Waals surface area (Å²) in [6.45, 7) is 1.73. The Kier molecular flexibility index (Phi) is 6.03. The van der Waals surface area contributed by atoms with Gasteiger partial charge in [-0.15, -0.1) is 0 Å². The number of amides is 1. The van der Waals surface area contributed by atoms with Gasteiger partial charge in [0.25, 0.3) is 11.2 Å². The molecule has 1 fully saturated rings. The van der Waals surface area contributed by atoms with Gasteiger partial charge in [0.2, 0.25) is 5.91 Å². The molecule has 0 bridgehead atoms. The van der Waals surface area contributed by atoms with Gasteiger partial charge in [0.05, 0.1) is 21.1 Å². The van der Waals surface area contributed by atoms with Gasteiger partial charge in [-0.25, -0.2) is 4.98 Å². The summed E-state index contributed by atoms with van der Waals surface area (Å²) >= 11 is 1.23. The monoisotopic (exact) mass is 438 g/mol. The van der Waals surface area contributed by atoms with Gasteiger partial charge >= 0.3 is 0 Å². The summed E-state index contributed by atoms with van der Waals surface area (Å²) in [5.74, 6) is -0.314. The highest BCUT2D eigenvalue weighted by Gasteiger charge is 2.25. The molecule has 31 heavy (non-hydrogen) atoms. The zero-order valence-corrected chi connectivity index (χ0v) is 17.8. The van der Waals surface area contributed by atoms with Crippen LogP contribution in [0.2, 0.25) is 0 Å². The van der Waals surface area contributed by atoms with E-state index in [0.29, 0.717) is 21.7 Å². The molecular weight excluding hydrogens is 416 g/mol. The molecule has 8 nitrogen and oxygen atoms in total. The number of carbonyl (C=O) groups is 1. The van der Waals surface area contributed by atoms with Crippen LogP contribution >= 0.6 is 11.8 Å². The number of hydrogen-bond donors (Lipinski definition) is 1. The predicted octanol–water partition coefficient (Wildman–Crippen LogP) is 4.54. The molecule has 0 spiro atoms. The molecule has 1 aliphatic carbocycles. The largest absolute Gasteiger partial charge is 0.325 e. The number of anilines is 1. The summed E-state index contributed by atoms with van der Waals surface area (Å²) < 4.78 is 1.75. The average Bonchev–Trinajstić information content (AvgIpc) is 3.28. The van der Waals surface area contributed by atoms with Crippen molar-refractivity contribution in [3.63, 3.8) is 0 Å². The van der Waals surface area contributed by atoms with Crippen LogP contribution in [0.25, 0.3) is 10.9 Å². The van der Waals surface area contributed by atoms with E-state index in [2.05, 4.69) is 5.32 Å². The predicted molar refractivity (Wildman–Crippen MR) is 121 cm³/mol. The molecule has 1 amide bonds. The van der Waals surface area contributed by atoms with E-state index in [1.165, 1.54) is 30.0 Å². The normalized spacial score (nSPS) is 15.1. The number of rotatable bonds is 6. The molecule has 0 saturated heterocycles. The first-order valence-electron chi connectivity index (χ1n) is 10.2. The molecule has 4 rings (SSSR count). The Labute approximate surface area is 182 Å². The molecule has 160 valence electrons. The highest BCUT2D eigenvalue weighted by atomic mass is 32.2. The number of para-hydroxylation sites is 1. The number of non-ortho nitro benzene ring substituents is 1. The molecule has 0 aliphatic heterocycles. The molecule has 1 unspecified atom stereocenters. The zero-order valence-electron chi connectivity index (χ0n) is 17.0. The molecule has 1 heterocycles. The van der Waals surface area contributed by atoms with Gasteiger partial charge in [0, 0.05) is 23.9 Å². The molecule has 3 aromatic rings. The van der Waals surface area contributed by atoms with Crippen molar-refractivity contribution in [1.82, 2.24) is 9.55 Å². The number of aromatic nitrogens is 2. The highest BCUT2D eigenvalue weighted by Crippen LogP contribution is 2.33. The van der Waals surface area contributed by atoms with Crippen LogP contribution in [0.1, 0.15) is 38.6 Å². The van der Waals surface area contributed by atoms with E-state index in [-0.39, 0.29) is 23.2 Å². The lowest BCUT2D eigenvalue weighted by atomic mass is 10.2. The van der Waals surface area contributed by atoms with Crippen LogP contribution < -0.4 is 10.9 Å². The van der Waals surface area contributed by atoms with E-state index < -0.39 is 10.2 Å². The Bertz CT molecular complexity index is 1200. The Balaban J connectivity index is 1.62. The molecule has 2 aromatic carbocycles. The minimum Gasteiger partial charge on any atom is -0.325 e. The van der Waals surface area contributed by atoms with Crippen molar-refractivity contribution in [2.45, 2.75) is 49.1 Å². The van der Waals surface area contributed by atoms with Gasteiger partial charge < -0.3 is 5.32 Å². The molecular formula is C22H22N4O4S. The van der Waals surface area contributed by atoms with E-state index >= 15 is 0 Å². The first-order chi connectivity index (χ1) is 14.9. The standard InChI is InChI=1S/C22H22N4O4S/c1-14(20(27)23-15-7-6-10-17(13-15)26(29)30)31-22-24-19-12-5-4-11-18(19)21(28)25(22)16-8-2-3-9-16/h4-7,10-14,16H,2-3,8-9H2,1H3,(H,23,27). The number of fused-ring (bicyclic) bond motifs is 1. The van der Waals surface area contributed by atoms with Crippen LogP contribution in [0, 0.1) is 10.1 Å². The number of nitro groups is 1. The summed E-state index contributed by atoms with van der Waals surface area (Å²) in [4.78, 5) is 41.1. The van der Waals surface area contributed by atoms with Crippen molar-refractivity contribution in [2.24, 2.45) is 0 Å². The zero-order chi connectivity index (χ0) is 22.0. The van der Waals surface area contributed by atoms with Gasteiger partial charge in [-0.1, -0.05) is 42.8 Å². The topological polar surface area (TPSA) is 107 Å². The Morgan fingerprint density at radius 2 is 1.97 bits per heavy atom. The van der Waals surface area contributed by atoms with Crippen LogP contribution in [-0.4, -0.2) is 25.6 Å². The maximum Gasteiger partial charge on any atom is 0.271 e. The number of carbonyl (C=O) groups excluding carboxylic acids is 1. The minimum atomic E-state index is -0.556. The van der Waals surface area contributed by atoms with Gasteiger partial charge in [0.15, 0.2) is 5.16 Å². The third kappa shape index (κ3) is 4.46. The summed E-state index contributed by atoms with van der Waals surface area (Å²) in [7, 11) is 0. The van der Waals surface area contributed by atoms with Crippen molar-refractivity contribution in [2.75, 3.05) is 5.32 Å². The van der Waals surface area contributed by atoms with E-state index in [4.69, 9.17) is 4.98 Å². The van der Waals surface area contributed by atoms with Crippen molar-refractivity contribution >= 4 is 39.9 Å². The van der Waals surface area contributed by atoms with Gasteiger partial charge in [0.1, 0.15) is 0 Å². The van der Waals surface area contributed by atoms with Crippen molar-refractivity contribution < 1.29 is 9.72 Å². The Morgan fingerprint density at radius 1 is 1.23 bits per heavy atom. The lowest BCUT2D eigenvalue weighted by Gasteiger charge is -2.20. The fourth-order valence-corrected chi connectivity index (χ4v) is 4.82. The van der Waals surface area contributed by atoms with Crippen molar-refractivity contribution in [1.29, 1.82) is 0 Å². The van der Waals surface area contributed by atoms with Crippen LogP contribution in [-0.2, 0) is 4.79 Å². The van der Waals surface area contributed by atoms with Crippen molar-refractivity contribution in [3.8, 4) is 0 Å². The summed E-state index contributed by atoms with van der Waals surface area (Å²) in [6, 6.07) is 13.1. The molecule has 1 saturated carbocycles. The van der Waals surface area contributed by atoms with Gasteiger partial charge in [-0.05, 0) is 38.0 Å². The Hall–Kier alpha value is -3.20. The second-order valence-electron chi connectivity index (χ2n) is 7.58. The number of hydrogen-bond acceptors (Lipinski definition) is 6. The van der Waals surface area contributed by atoms with Crippen LogP contribution in [0.4, 0.5) is 11.4 Å². The molecule has 9 heteroatoms. The number of nitro benzene ring substituents is 1. The van der Waals surface area contributed by atoms with Crippen LogP contribution in [0.15, 0.2) is 58.5 Å². The lowest BCUT2D eigenvalue weighted by molar-refractivity contribution is -0.384. The average molecular weight is 439 g/mol. The molecule has 1 N–H and O–H groups in total. The van der Waals surface area contributed by atoms with E-state index in [9.17, 15) is 19.7 Å². The van der Waals surface area contributed by atoms with E-state index in [1.807, 2.05) is 12.1 Å². The number of thioether (sulfide) groups is 1. The second kappa shape index (κ2) is 8.89. The SMILES string of the molecule is CC(Sc1nc2ccccc2c(=O)n1C1CCCC1)C(=O)Nc1cccc([N+](=O)[O-])c1. The van der Waals surface area contributed by atoms with E-state index in [1.54, 1.807) is 29.7 Å². The fourth-order valence-electron chi connectivity index (χ4n) is 3.85. The third-order valence-corrected chi connectivity index (χ3v) is 6.51. The van der Waals surface area contributed by atoms with E-state index in [0.717, 1.165) is 25.7 Å². The van der Waals surface area contributed by atoms with Crippen molar-refractivity contribution in [3.05, 3.63) is 69.0 Å². The minimum absolute atomic E-state index is 0.0775. The highest BCUT2D eigenvalue weighted by molar-refractivity contribution is 8.00. The first kappa shape index (κ1) is 21.0. The van der Waals surface area contributed by atoms with Gasteiger partial charge in [-0.3, -0.25) is 24.3 Å². The molecule has 1 atom stereocenters. The lowest BCUT2D eigenvalue weighted by Crippen LogP contribution is -2.29. The maximum absolute atomic E-state index is 13.2. The van der Waals surface area contributed by atoms with Crippen LogP contribution in [0.3, 0.4) is 0 Å². The molecule has 1 aliphatic rings. The third-order valence-electron chi connectivity index (χ3n) is 5.44. The van der Waals surface area contributed by atoms with Crippen LogP contribution in [0.5, 0.6) is 0 Å². The smallest absolute Gasteiger partial charge is 0.271 e. The summed E-state index contributed by atoms with van der Waals surface area (Å²) in [5, 5.41) is 14.2. The summed E-state index contributed by atoms with van der Waals surface area (Å²) in [6.07, 6.45) is 3.97. The number of nitrogens with zero attached hydrogens (tertiary/aromatic N) is 3. The number of nitrogens with one attached hydrogen (secondary N) is 1. The summed E-state index contributed by atoms with van der Waals surface area (Å²) in [5.41, 5.74) is 0.789. The number of benzene rings is 2.